The van der Waals surface area contributed by atoms with Crippen molar-refractivity contribution in [2.75, 3.05) is 19.3 Å². The molecule has 1 heterocycles. The van der Waals surface area contributed by atoms with Crippen LogP contribution in [-0.2, 0) is 19.6 Å². The maximum absolute atomic E-state index is 11.9. The van der Waals surface area contributed by atoms with E-state index in [4.69, 9.17) is 0 Å². The van der Waals surface area contributed by atoms with E-state index in [2.05, 4.69) is 4.72 Å². The molecular weight excluding hydrogens is 262 g/mol. The van der Waals surface area contributed by atoms with Gasteiger partial charge in [0, 0.05) is 13.1 Å². The van der Waals surface area contributed by atoms with Crippen LogP contribution in [0.1, 0.15) is 13.8 Å². The van der Waals surface area contributed by atoms with Gasteiger partial charge in [0.05, 0.1) is 6.26 Å². The normalized spacial score (nSPS) is 19.9. The van der Waals surface area contributed by atoms with E-state index in [9.17, 15) is 22.8 Å². The molecule has 8 nitrogen and oxygen atoms in total. The molecule has 0 aromatic heterocycles. The summed E-state index contributed by atoms with van der Waals surface area (Å²) in [5, 5.41) is 2.05. The number of amides is 4. The standard InChI is InChI=1S/C9H15N3O5S/c1-9(2)6(13)11-8(15)12(7(9)14)5-4-10-18(3,16)17/h10H,4-5H2,1-3H3,(H,11,13,15). The largest absolute Gasteiger partial charge is 0.330 e. The molecule has 4 amide bonds. The first-order valence-electron chi connectivity index (χ1n) is 5.18. The molecular formula is C9H15N3O5S. The van der Waals surface area contributed by atoms with Crippen molar-refractivity contribution in [1.82, 2.24) is 14.9 Å². The second-order valence-corrected chi connectivity index (χ2v) is 6.34. The molecule has 0 bridgehead atoms. The summed E-state index contributed by atoms with van der Waals surface area (Å²) in [6.07, 6.45) is 0.971. The highest BCUT2D eigenvalue weighted by Gasteiger charge is 2.46. The predicted octanol–water partition coefficient (Wildman–Crippen LogP) is -1.36. The highest BCUT2D eigenvalue weighted by Crippen LogP contribution is 2.22. The molecule has 18 heavy (non-hydrogen) atoms. The van der Waals surface area contributed by atoms with Crippen LogP contribution in [0.15, 0.2) is 0 Å². The molecule has 0 radical (unpaired) electrons. The average molecular weight is 277 g/mol. The Hall–Kier alpha value is -1.48. The van der Waals surface area contributed by atoms with E-state index in [1.165, 1.54) is 13.8 Å². The number of sulfonamides is 1. The smallest absolute Gasteiger partial charge is 0.277 e. The minimum Gasteiger partial charge on any atom is -0.277 e. The van der Waals surface area contributed by atoms with Crippen molar-refractivity contribution in [3.8, 4) is 0 Å². The van der Waals surface area contributed by atoms with Gasteiger partial charge in [-0.25, -0.2) is 17.9 Å². The minimum absolute atomic E-state index is 0.0950. The Bertz CT molecular complexity index is 496. The number of hydrogen-bond donors (Lipinski definition) is 2. The Kier molecular flexibility index (Phi) is 3.77. The van der Waals surface area contributed by atoms with Crippen molar-refractivity contribution in [3.05, 3.63) is 0 Å². The quantitative estimate of drug-likeness (QED) is 0.616. The Morgan fingerprint density at radius 3 is 2.33 bits per heavy atom. The molecule has 0 saturated carbocycles. The van der Waals surface area contributed by atoms with Gasteiger partial charge in [0.25, 0.3) is 0 Å². The lowest BCUT2D eigenvalue weighted by Gasteiger charge is -2.34. The van der Waals surface area contributed by atoms with Crippen LogP contribution in [0.2, 0.25) is 0 Å². The van der Waals surface area contributed by atoms with E-state index >= 15 is 0 Å². The zero-order chi connectivity index (χ0) is 14.1. The number of carbonyl (C=O) groups is 3. The van der Waals surface area contributed by atoms with E-state index < -0.39 is 33.3 Å². The monoisotopic (exact) mass is 277 g/mol. The lowest BCUT2D eigenvalue weighted by Crippen LogP contribution is -2.62. The van der Waals surface area contributed by atoms with Crippen LogP contribution >= 0.6 is 0 Å². The summed E-state index contributed by atoms with van der Waals surface area (Å²) in [5.41, 5.74) is -1.33. The van der Waals surface area contributed by atoms with Crippen molar-refractivity contribution in [1.29, 1.82) is 0 Å². The lowest BCUT2D eigenvalue weighted by atomic mass is 9.89. The number of barbiturate groups is 1. The molecule has 0 atom stereocenters. The maximum Gasteiger partial charge on any atom is 0.330 e. The van der Waals surface area contributed by atoms with Crippen molar-refractivity contribution in [3.63, 3.8) is 0 Å². The fourth-order valence-corrected chi connectivity index (χ4v) is 1.86. The van der Waals surface area contributed by atoms with Crippen molar-refractivity contribution in [2.24, 2.45) is 5.41 Å². The molecule has 0 aromatic rings. The Balaban J connectivity index is 2.73. The summed E-state index contributed by atoms with van der Waals surface area (Å²) in [7, 11) is -3.39. The summed E-state index contributed by atoms with van der Waals surface area (Å²) in [6, 6.07) is -0.834. The van der Waals surface area contributed by atoms with Gasteiger partial charge in [0.1, 0.15) is 5.41 Å². The van der Waals surface area contributed by atoms with Crippen LogP contribution in [0.25, 0.3) is 0 Å². The molecule has 9 heteroatoms. The van der Waals surface area contributed by atoms with Crippen molar-refractivity contribution < 1.29 is 22.8 Å². The van der Waals surface area contributed by atoms with Gasteiger partial charge in [-0.2, -0.15) is 0 Å². The topological polar surface area (TPSA) is 113 Å². The van der Waals surface area contributed by atoms with Crippen LogP contribution in [-0.4, -0.2) is 50.5 Å². The number of rotatable bonds is 4. The van der Waals surface area contributed by atoms with Crippen LogP contribution in [0.4, 0.5) is 4.79 Å². The number of nitrogens with zero attached hydrogens (tertiary/aromatic N) is 1. The summed E-state index contributed by atoms with van der Waals surface area (Å²) < 4.78 is 23.9. The molecule has 1 saturated heterocycles. The van der Waals surface area contributed by atoms with E-state index in [0.29, 0.717) is 0 Å². The number of urea groups is 1. The lowest BCUT2D eigenvalue weighted by molar-refractivity contribution is -0.148. The Morgan fingerprint density at radius 1 is 1.28 bits per heavy atom. The van der Waals surface area contributed by atoms with Gasteiger partial charge in [-0.15, -0.1) is 0 Å². The minimum atomic E-state index is -3.39. The zero-order valence-corrected chi connectivity index (χ0v) is 11.1. The molecule has 102 valence electrons. The van der Waals surface area contributed by atoms with Gasteiger partial charge < -0.3 is 0 Å². The van der Waals surface area contributed by atoms with Crippen molar-refractivity contribution >= 4 is 27.9 Å². The summed E-state index contributed by atoms with van der Waals surface area (Å²) in [4.78, 5) is 35.6. The molecule has 1 aliphatic rings. The molecule has 0 aliphatic carbocycles. The summed E-state index contributed by atoms with van der Waals surface area (Å²) >= 11 is 0. The molecule has 0 spiro atoms. The second kappa shape index (κ2) is 4.65. The van der Waals surface area contributed by atoms with Crippen LogP contribution in [0.5, 0.6) is 0 Å². The molecule has 2 N–H and O–H groups in total. The van der Waals surface area contributed by atoms with E-state index in [1.807, 2.05) is 5.32 Å². The summed E-state index contributed by atoms with van der Waals surface area (Å²) in [6.45, 7) is 2.57. The Morgan fingerprint density at radius 2 is 1.83 bits per heavy atom. The summed E-state index contributed by atoms with van der Waals surface area (Å²) in [5.74, 6) is -1.31. The third kappa shape index (κ3) is 3.05. The van der Waals surface area contributed by atoms with Gasteiger partial charge in [0.2, 0.25) is 21.8 Å². The number of carbonyl (C=O) groups excluding carboxylic acids is 3. The first kappa shape index (κ1) is 14.6. The number of imide groups is 2. The highest BCUT2D eigenvalue weighted by atomic mass is 32.2. The SMILES string of the molecule is CC1(C)C(=O)NC(=O)N(CCNS(C)(=O)=O)C1=O. The molecule has 1 fully saturated rings. The van der Waals surface area contributed by atoms with Crippen LogP contribution < -0.4 is 10.0 Å². The molecule has 1 aliphatic heterocycles. The fourth-order valence-electron chi connectivity index (χ4n) is 1.39. The van der Waals surface area contributed by atoms with Gasteiger partial charge in [-0.05, 0) is 13.8 Å². The van der Waals surface area contributed by atoms with Gasteiger partial charge in [-0.1, -0.05) is 0 Å². The first-order valence-corrected chi connectivity index (χ1v) is 7.07. The van der Waals surface area contributed by atoms with Gasteiger partial charge in [-0.3, -0.25) is 19.8 Å². The van der Waals surface area contributed by atoms with E-state index in [0.717, 1.165) is 11.2 Å². The van der Waals surface area contributed by atoms with Gasteiger partial charge in [0.15, 0.2) is 0 Å². The maximum atomic E-state index is 11.9. The third-order valence-corrected chi connectivity index (χ3v) is 3.24. The predicted molar refractivity (Wildman–Crippen MR) is 61.9 cm³/mol. The zero-order valence-electron chi connectivity index (χ0n) is 10.3. The molecule has 0 unspecified atom stereocenters. The van der Waals surface area contributed by atoms with Crippen LogP contribution in [0.3, 0.4) is 0 Å². The van der Waals surface area contributed by atoms with Crippen LogP contribution in [0, 0.1) is 5.41 Å². The van der Waals surface area contributed by atoms with Gasteiger partial charge >= 0.3 is 6.03 Å². The molecule has 1 rings (SSSR count). The first-order chi connectivity index (χ1) is 8.05. The van der Waals surface area contributed by atoms with E-state index in [1.54, 1.807) is 0 Å². The van der Waals surface area contributed by atoms with E-state index in [-0.39, 0.29) is 13.1 Å². The fraction of sp³-hybridized carbons (Fsp3) is 0.667. The molecule has 0 aromatic carbocycles. The highest BCUT2D eigenvalue weighted by molar-refractivity contribution is 7.88. The third-order valence-electron chi connectivity index (χ3n) is 2.51. The van der Waals surface area contributed by atoms with Crippen molar-refractivity contribution in [2.45, 2.75) is 13.8 Å². The Labute approximate surface area is 105 Å². The number of hydrogen-bond acceptors (Lipinski definition) is 5. The number of nitrogens with one attached hydrogen (secondary N) is 2. The second-order valence-electron chi connectivity index (χ2n) is 4.51. The average Bonchev–Trinajstić information content (AvgIpc) is 2.19.